The summed E-state index contributed by atoms with van der Waals surface area (Å²) in [6, 6.07) is 2.23. The van der Waals surface area contributed by atoms with E-state index in [1.807, 2.05) is 6.92 Å². The van der Waals surface area contributed by atoms with Crippen LogP contribution < -0.4 is 0 Å². The SMILES string of the molecule is C/C=C\CC.FC(F)(F)c1cccnc1. The van der Waals surface area contributed by atoms with Crippen molar-refractivity contribution in [3.8, 4) is 0 Å². The van der Waals surface area contributed by atoms with Crippen molar-refractivity contribution in [3.05, 3.63) is 42.2 Å². The van der Waals surface area contributed by atoms with Crippen molar-refractivity contribution in [2.45, 2.75) is 26.4 Å². The normalized spacial score (nSPS) is 11.0. The van der Waals surface area contributed by atoms with Gasteiger partial charge in [0.25, 0.3) is 0 Å². The van der Waals surface area contributed by atoms with E-state index in [0.717, 1.165) is 18.7 Å². The maximum atomic E-state index is 11.7. The highest BCUT2D eigenvalue weighted by molar-refractivity contribution is 5.11. The van der Waals surface area contributed by atoms with Crippen molar-refractivity contribution in [2.24, 2.45) is 0 Å². The summed E-state index contributed by atoms with van der Waals surface area (Å²) < 4.78 is 35.2. The monoisotopic (exact) mass is 217 g/mol. The van der Waals surface area contributed by atoms with Gasteiger partial charge in [0, 0.05) is 12.4 Å². The minimum absolute atomic E-state index is 0.713. The van der Waals surface area contributed by atoms with Crippen LogP contribution in [0, 0.1) is 0 Å². The van der Waals surface area contributed by atoms with Crippen molar-refractivity contribution in [1.29, 1.82) is 0 Å². The number of hydrogen-bond acceptors (Lipinski definition) is 1. The number of aromatic nitrogens is 1. The summed E-state index contributed by atoms with van der Waals surface area (Å²) in [4.78, 5) is 3.33. The maximum Gasteiger partial charge on any atom is 0.417 e. The van der Waals surface area contributed by atoms with E-state index in [9.17, 15) is 13.2 Å². The van der Waals surface area contributed by atoms with Gasteiger partial charge in [-0.1, -0.05) is 19.1 Å². The Labute approximate surface area is 87.7 Å². The van der Waals surface area contributed by atoms with E-state index in [-0.39, 0.29) is 0 Å². The largest absolute Gasteiger partial charge is 0.417 e. The molecule has 4 heteroatoms. The van der Waals surface area contributed by atoms with Crippen LogP contribution in [0.2, 0.25) is 0 Å². The van der Waals surface area contributed by atoms with Gasteiger partial charge in [0.2, 0.25) is 0 Å². The van der Waals surface area contributed by atoms with E-state index in [1.54, 1.807) is 0 Å². The van der Waals surface area contributed by atoms with Gasteiger partial charge >= 0.3 is 6.18 Å². The first kappa shape index (κ1) is 13.7. The van der Waals surface area contributed by atoms with Gasteiger partial charge in [0.05, 0.1) is 5.56 Å². The predicted octanol–water partition coefficient (Wildman–Crippen LogP) is 4.07. The number of alkyl halides is 3. The summed E-state index contributed by atoms with van der Waals surface area (Å²) in [6.07, 6.45) is 3.17. The van der Waals surface area contributed by atoms with E-state index in [4.69, 9.17) is 0 Å². The fraction of sp³-hybridized carbons (Fsp3) is 0.364. The summed E-state index contributed by atoms with van der Waals surface area (Å²) in [6.45, 7) is 4.16. The molecule has 84 valence electrons. The Morgan fingerprint density at radius 1 is 1.40 bits per heavy atom. The van der Waals surface area contributed by atoms with Gasteiger partial charge in [0.1, 0.15) is 0 Å². The van der Waals surface area contributed by atoms with Gasteiger partial charge in [-0.15, -0.1) is 0 Å². The third kappa shape index (κ3) is 6.71. The molecule has 0 fully saturated rings. The summed E-state index contributed by atoms with van der Waals surface area (Å²) in [5.74, 6) is 0. The number of nitrogens with zero attached hydrogens (tertiary/aromatic N) is 1. The molecular weight excluding hydrogens is 203 g/mol. The first-order chi connectivity index (χ1) is 7.02. The zero-order valence-electron chi connectivity index (χ0n) is 8.75. The van der Waals surface area contributed by atoms with Crippen LogP contribution >= 0.6 is 0 Å². The molecule has 0 spiro atoms. The van der Waals surface area contributed by atoms with Crippen molar-refractivity contribution >= 4 is 0 Å². The third-order valence-electron chi connectivity index (χ3n) is 1.46. The van der Waals surface area contributed by atoms with E-state index in [1.165, 1.54) is 12.3 Å². The van der Waals surface area contributed by atoms with Gasteiger partial charge in [-0.2, -0.15) is 13.2 Å². The molecule has 0 aromatic carbocycles. The first-order valence-electron chi connectivity index (χ1n) is 4.60. The molecule has 0 unspecified atom stereocenters. The Kier molecular flexibility index (Phi) is 6.42. The summed E-state index contributed by atoms with van der Waals surface area (Å²) >= 11 is 0. The van der Waals surface area contributed by atoms with Crippen LogP contribution in [-0.2, 0) is 6.18 Å². The highest BCUT2D eigenvalue weighted by Crippen LogP contribution is 2.27. The molecule has 0 saturated heterocycles. The molecule has 1 aromatic heterocycles. The lowest BCUT2D eigenvalue weighted by atomic mass is 10.3. The molecule has 0 amide bonds. The third-order valence-corrected chi connectivity index (χ3v) is 1.46. The van der Waals surface area contributed by atoms with E-state index < -0.39 is 11.7 Å². The van der Waals surface area contributed by atoms with E-state index in [0.29, 0.717) is 0 Å². The average Bonchev–Trinajstić information content (AvgIpc) is 2.20. The second-order valence-electron chi connectivity index (χ2n) is 2.72. The molecule has 0 saturated carbocycles. The Morgan fingerprint density at radius 2 is 2.07 bits per heavy atom. The summed E-state index contributed by atoms with van der Waals surface area (Å²) in [5, 5.41) is 0. The molecule has 1 heterocycles. The summed E-state index contributed by atoms with van der Waals surface area (Å²) in [7, 11) is 0. The van der Waals surface area contributed by atoms with Gasteiger partial charge in [-0.25, -0.2) is 0 Å². The fourth-order valence-electron chi connectivity index (χ4n) is 0.766. The highest BCUT2D eigenvalue weighted by atomic mass is 19.4. The molecule has 1 nitrogen and oxygen atoms in total. The minimum atomic E-state index is -4.27. The molecule has 1 rings (SSSR count). The molecule has 15 heavy (non-hydrogen) atoms. The van der Waals surface area contributed by atoms with Crippen LogP contribution in [0.5, 0.6) is 0 Å². The van der Waals surface area contributed by atoms with Crippen LogP contribution in [0.4, 0.5) is 13.2 Å². The van der Waals surface area contributed by atoms with E-state index in [2.05, 4.69) is 24.1 Å². The van der Waals surface area contributed by atoms with Gasteiger partial charge in [-0.05, 0) is 25.5 Å². The van der Waals surface area contributed by atoms with Crippen LogP contribution in [0.15, 0.2) is 36.7 Å². The van der Waals surface area contributed by atoms with Crippen LogP contribution in [0.3, 0.4) is 0 Å². The standard InChI is InChI=1S/C6H4F3N.C5H10/c7-6(8,9)5-2-1-3-10-4-5;1-3-5-4-2/h1-4H;3,5H,4H2,1-2H3/b;5-3-. The molecule has 0 aliphatic carbocycles. The molecular formula is C11H14F3N. The zero-order chi connectivity index (χ0) is 11.7. The lowest BCUT2D eigenvalue weighted by molar-refractivity contribution is -0.137. The van der Waals surface area contributed by atoms with Crippen LogP contribution in [-0.4, -0.2) is 4.98 Å². The van der Waals surface area contributed by atoms with Crippen molar-refractivity contribution in [2.75, 3.05) is 0 Å². The Hall–Kier alpha value is -1.32. The second kappa shape index (κ2) is 7.04. The lowest BCUT2D eigenvalue weighted by Crippen LogP contribution is -2.04. The van der Waals surface area contributed by atoms with E-state index >= 15 is 0 Å². The topological polar surface area (TPSA) is 12.9 Å². The molecule has 0 bridgehead atoms. The molecule has 0 radical (unpaired) electrons. The van der Waals surface area contributed by atoms with Crippen molar-refractivity contribution in [3.63, 3.8) is 0 Å². The number of pyridine rings is 1. The Morgan fingerprint density at radius 3 is 2.27 bits per heavy atom. The molecule has 1 aromatic rings. The quantitative estimate of drug-likeness (QED) is 0.646. The smallest absolute Gasteiger partial charge is 0.264 e. The highest BCUT2D eigenvalue weighted by Gasteiger charge is 2.30. The number of rotatable bonds is 1. The Bertz CT molecular complexity index is 278. The van der Waals surface area contributed by atoms with Crippen molar-refractivity contribution < 1.29 is 13.2 Å². The number of halogens is 3. The molecule has 0 atom stereocenters. The van der Waals surface area contributed by atoms with Gasteiger partial charge < -0.3 is 0 Å². The predicted molar refractivity (Wildman–Crippen MR) is 54.3 cm³/mol. The van der Waals surface area contributed by atoms with Crippen LogP contribution in [0.25, 0.3) is 0 Å². The van der Waals surface area contributed by atoms with Gasteiger partial charge in [0.15, 0.2) is 0 Å². The van der Waals surface area contributed by atoms with Crippen LogP contribution in [0.1, 0.15) is 25.8 Å². The zero-order valence-corrected chi connectivity index (χ0v) is 8.75. The lowest BCUT2D eigenvalue weighted by Gasteiger charge is -2.03. The molecule has 0 N–H and O–H groups in total. The fourth-order valence-corrected chi connectivity index (χ4v) is 0.766. The van der Waals surface area contributed by atoms with Gasteiger partial charge in [-0.3, -0.25) is 4.98 Å². The number of hydrogen-bond donors (Lipinski definition) is 0. The first-order valence-corrected chi connectivity index (χ1v) is 4.60. The van der Waals surface area contributed by atoms with Crippen molar-refractivity contribution in [1.82, 2.24) is 4.98 Å². The second-order valence-corrected chi connectivity index (χ2v) is 2.72. The average molecular weight is 217 g/mol. The molecule has 0 aliphatic rings. The number of allylic oxidation sites excluding steroid dienone is 2. The minimum Gasteiger partial charge on any atom is -0.264 e. The Balaban J connectivity index is 0.000000336. The molecule has 0 aliphatic heterocycles. The maximum absolute atomic E-state index is 11.7. The summed E-state index contributed by atoms with van der Waals surface area (Å²) in [5.41, 5.74) is -0.713.